The van der Waals surface area contributed by atoms with Gasteiger partial charge in [-0.3, -0.25) is 0 Å². The van der Waals surface area contributed by atoms with Gasteiger partial charge >= 0.3 is 0 Å². The molecule has 0 amide bonds. The van der Waals surface area contributed by atoms with Gasteiger partial charge in [-0.1, -0.05) is 0 Å². The second-order valence-electron chi connectivity index (χ2n) is 4.14. The molecule has 0 saturated heterocycles. The minimum atomic E-state index is 0.309. The molecule has 3 aromatic rings. The van der Waals surface area contributed by atoms with Crippen molar-refractivity contribution in [1.82, 2.24) is 24.5 Å². The molecule has 0 aliphatic heterocycles. The number of methoxy groups -OCH3 is 1. The molecule has 0 atom stereocenters. The fraction of sp³-hybridized carbons (Fsp3) is 0.231. The second kappa shape index (κ2) is 5.42. The molecule has 0 aromatic carbocycles. The lowest BCUT2D eigenvalue weighted by molar-refractivity contribution is 0.399. The normalized spacial score (nSPS) is 10.9. The molecule has 3 aromatic heterocycles. The van der Waals surface area contributed by atoms with E-state index in [9.17, 15) is 0 Å². The Morgan fingerprint density at radius 2 is 2.15 bits per heavy atom. The summed E-state index contributed by atoms with van der Waals surface area (Å²) < 4.78 is 7.10. The molecule has 0 unspecified atom stereocenters. The number of pyridine rings is 1. The lowest BCUT2D eigenvalue weighted by atomic mass is 10.4. The highest BCUT2D eigenvalue weighted by atomic mass is 35.5. The van der Waals surface area contributed by atoms with Gasteiger partial charge in [-0.05, 0) is 12.1 Å². The zero-order valence-electron chi connectivity index (χ0n) is 10.8. The number of ether oxygens (including phenoxy) is 1. The van der Waals surface area contributed by atoms with Gasteiger partial charge in [-0.2, -0.15) is 4.98 Å². The van der Waals surface area contributed by atoms with Gasteiger partial charge in [0, 0.05) is 12.3 Å². The Hall–Kier alpha value is -2.21. The lowest BCUT2D eigenvalue weighted by Crippen LogP contribution is -2.06. The molecular formula is C13H12ClN5O. The molecule has 0 N–H and O–H groups in total. The van der Waals surface area contributed by atoms with Gasteiger partial charge in [0.2, 0.25) is 5.88 Å². The topological polar surface area (TPSA) is 65.7 Å². The summed E-state index contributed by atoms with van der Waals surface area (Å²) >= 11 is 5.97. The van der Waals surface area contributed by atoms with Crippen LogP contribution in [-0.4, -0.2) is 31.6 Å². The Bertz CT molecular complexity index is 728. The van der Waals surface area contributed by atoms with E-state index in [1.807, 2.05) is 16.7 Å². The van der Waals surface area contributed by atoms with Crippen LogP contribution in [0, 0.1) is 0 Å². The first-order chi connectivity index (χ1) is 9.81. The molecule has 0 fully saturated rings. The van der Waals surface area contributed by atoms with Crippen molar-refractivity contribution < 1.29 is 4.74 Å². The molecule has 0 saturated carbocycles. The molecule has 0 bridgehead atoms. The number of hydrogen-bond acceptors (Lipinski definition) is 5. The molecule has 0 radical (unpaired) electrons. The maximum absolute atomic E-state index is 5.97. The Labute approximate surface area is 120 Å². The van der Waals surface area contributed by atoms with E-state index in [0.717, 1.165) is 22.7 Å². The minimum Gasteiger partial charge on any atom is -0.481 e. The van der Waals surface area contributed by atoms with Gasteiger partial charge in [0.05, 0.1) is 25.2 Å². The number of aromatic nitrogens is 5. The van der Waals surface area contributed by atoms with Crippen LogP contribution >= 0.6 is 11.6 Å². The fourth-order valence-electron chi connectivity index (χ4n) is 1.99. The van der Waals surface area contributed by atoms with E-state index in [1.165, 1.54) is 6.33 Å². The van der Waals surface area contributed by atoms with Crippen LogP contribution < -0.4 is 4.74 Å². The highest BCUT2D eigenvalue weighted by molar-refractivity contribution is 6.16. The number of alkyl halides is 1. The summed E-state index contributed by atoms with van der Waals surface area (Å²) in [5.41, 5.74) is 2.39. The summed E-state index contributed by atoms with van der Waals surface area (Å²) in [5, 5.41) is 0. The molecule has 0 spiro atoms. The van der Waals surface area contributed by atoms with E-state index >= 15 is 0 Å². The van der Waals surface area contributed by atoms with Crippen LogP contribution in [0.2, 0.25) is 0 Å². The van der Waals surface area contributed by atoms with Crippen molar-refractivity contribution in [3.8, 4) is 5.88 Å². The summed E-state index contributed by atoms with van der Waals surface area (Å²) in [6, 6.07) is 5.50. The van der Waals surface area contributed by atoms with E-state index in [2.05, 4.69) is 19.9 Å². The van der Waals surface area contributed by atoms with Gasteiger partial charge in [-0.25, -0.2) is 15.0 Å². The largest absolute Gasteiger partial charge is 0.481 e. The van der Waals surface area contributed by atoms with Gasteiger partial charge < -0.3 is 9.30 Å². The Morgan fingerprint density at radius 3 is 2.85 bits per heavy atom. The lowest BCUT2D eigenvalue weighted by Gasteiger charge is -2.06. The molecular weight excluding hydrogens is 278 g/mol. The molecule has 0 aliphatic rings. The standard InChI is InChI=1S/C13H12ClN5O/c1-20-12-3-2-10-13(18-12)19(11(6-14)17-10)7-9-4-5-15-8-16-9/h2-5,8H,6-7H2,1H3. The zero-order chi connectivity index (χ0) is 13.9. The van der Waals surface area contributed by atoms with Crippen molar-refractivity contribution in [3.63, 3.8) is 0 Å². The smallest absolute Gasteiger partial charge is 0.215 e. The number of fused-ring (bicyclic) bond motifs is 1. The van der Waals surface area contributed by atoms with Crippen LogP contribution in [0.25, 0.3) is 11.2 Å². The number of hydrogen-bond donors (Lipinski definition) is 0. The Kier molecular flexibility index (Phi) is 3.47. The van der Waals surface area contributed by atoms with Crippen LogP contribution in [0.3, 0.4) is 0 Å². The summed E-state index contributed by atoms with van der Waals surface area (Å²) in [6.07, 6.45) is 3.22. The minimum absolute atomic E-state index is 0.309. The van der Waals surface area contributed by atoms with E-state index in [-0.39, 0.29) is 0 Å². The summed E-state index contributed by atoms with van der Waals surface area (Å²) in [5.74, 6) is 1.60. The average molecular weight is 290 g/mol. The highest BCUT2D eigenvalue weighted by Gasteiger charge is 2.13. The van der Waals surface area contributed by atoms with Crippen molar-refractivity contribution in [2.75, 3.05) is 7.11 Å². The van der Waals surface area contributed by atoms with Crippen LogP contribution in [0.4, 0.5) is 0 Å². The van der Waals surface area contributed by atoms with Crippen molar-refractivity contribution in [2.45, 2.75) is 12.4 Å². The van der Waals surface area contributed by atoms with E-state index in [4.69, 9.17) is 16.3 Å². The van der Waals surface area contributed by atoms with E-state index in [0.29, 0.717) is 18.3 Å². The van der Waals surface area contributed by atoms with Gasteiger partial charge in [0.25, 0.3) is 0 Å². The number of halogens is 1. The van der Waals surface area contributed by atoms with Crippen LogP contribution in [-0.2, 0) is 12.4 Å². The van der Waals surface area contributed by atoms with Crippen LogP contribution in [0.1, 0.15) is 11.5 Å². The third kappa shape index (κ3) is 2.30. The predicted octanol–water partition coefficient (Wildman–Crippen LogP) is 2.02. The first kappa shape index (κ1) is 12.8. The average Bonchev–Trinajstić information content (AvgIpc) is 2.85. The van der Waals surface area contributed by atoms with Gasteiger partial charge in [0.1, 0.15) is 17.7 Å². The first-order valence-electron chi connectivity index (χ1n) is 6.03. The zero-order valence-corrected chi connectivity index (χ0v) is 11.6. The molecule has 20 heavy (non-hydrogen) atoms. The van der Waals surface area contributed by atoms with E-state index < -0.39 is 0 Å². The number of imidazole rings is 1. The third-order valence-corrected chi connectivity index (χ3v) is 3.18. The number of nitrogens with zero attached hydrogens (tertiary/aromatic N) is 5. The summed E-state index contributed by atoms with van der Waals surface area (Å²) in [7, 11) is 1.59. The molecule has 3 rings (SSSR count). The molecule has 3 heterocycles. The molecule has 102 valence electrons. The third-order valence-electron chi connectivity index (χ3n) is 2.94. The summed E-state index contributed by atoms with van der Waals surface area (Å²) in [4.78, 5) is 17.0. The Morgan fingerprint density at radius 1 is 1.25 bits per heavy atom. The quantitative estimate of drug-likeness (QED) is 0.688. The van der Waals surface area contributed by atoms with Crippen molar-refractivity contribution in [1.29, 1.82) is 0 Å². The maximum Gasteiger partial charge on any atom is 0.215 e. The van der Waals surface area contributed by atoms with E-state index in [1.54, 1.807) is 19.4 Å². The van der Waals surface area contributed by atoms with Gasteiger partial charge in [0.15, 0.2) is 5.65 Å². The summed E-state index contributed by atoms with van der Waals surface area (Å²) in [6.45, 7) is 0.543. The number of rotatable bonds is 4. The monoisotopic (exact) mass is 289 g/mol. The van der Waals surface area contributed by atoms with Crippen molar-refractivity contribution in [3.05, 3.63) is 42.2 Å². The van der Waals surface area contributed by atoms with Crippen molar-refractivity contribution in [2.24, 2.45) is 0 Å². The van der Waals surface area contributed by atoms with Crippen LogP contribution in [0.5, 0.6) is 5.88 Å². The predicted molar refractivity (Wildman–Crippen MR) is 74.8 cm³/mol. The second-order valence-corrected chi connectivity index (χ2v) is 4.41. The first-order valence-corrected chi connectivity index (χ1v) is 6.56. The SMILES string of the molecule is COc1ccc2nc(CCl)n(Cc3ccncn3)c2n1. The van der Waals surface area contributed by atoms with Crippen LogP contribution in [0.15, 0.2) is 30.7 Å². The fourth-order valence-corrected chi connectivity index (χ4v) is 2.19. The Balaban J connectivity index is 2.11. The molecule has 6 nitrogen and oxygen atoms in total. The highest BCUT2D eigenvalue weighted by Crippen LogP contribution is 2.20. The molecule has 0 aliphatic carbocycles. The van der Waals surface area contributed by atoms with Crippen molar-refractivity contribution >= 4 is 22.8 Å². The van der Waals surface area contributed by atoms with Gasteiger partial charge in [-0.15, -0.1) is 11.6 Å². The molecule has 7 heteroatoms. The maximum atomic E-state index is 5.97.